The highest BCUT2D eigenvalue weighted by Crippen LogP contribution is 2.17. The van der Waals surface area contributed by atoms with Crippen molar-refractivity contribution in [3.63, 3.8) is 0 Å². The number of unbranched alkanes of at least 4 members (excludes halogenated alkanes) is 2. The van der Waals surface area contributed by atoms with Crippen molar-refractivity contribution in [2.45, 2.75) is 39.2 Å². The molecule has 1 unspecified atom stereocenters. The average Bonchev–Trinajstić information content (AvgIpc) is 2.43. The van der Waals surface area contributed by atoms with Gasteiger partial charge in [0.1, 0.15) is 6.04 Å². The molecule has 1 aromatic carbocycles. The van der Waals surface area contributed by atoms with Crippen LogP contribution in [0.25, 0.3) is 0 Å². The van der Waals surface area contributed by atoms with Gasteiger partial charge in [0.25, 0.3) is 0 Å². The van der Waals surface area contributed by atoms with Gasteiger partial charge in [-0.15, -0.1) is 0 Å². The lowest BCUT2D eigenvalue weighted by atomic mass is 10.1. The zero-order valence-corrected chi connectivity index (χ0v) is 15.0. The van der Waals surface area contributed by atoms with E-state index in [1.54, 1.807) is 6.07 Å². The number of rotatable bonds is 5. The van der Waals surface area contributed by atoms with Crippen LogP contribution < -0.4 is 5.32 Å². The number of nitrogens with zero attached hydrogens (tertiary/aromatic N) is 1. The first-order chi connectivity index (χ1) is 9.54. The second-order valence-electron chi connectivity index (χ2n) is 4.21. The van der Waals surface area contributed by atoms with Crippen LogP contribution in [0.3, 0.4) is 0 Å². The van der Waals surface area contributed by atoms with Crippen LogP contribution in [-0.4, -0.2) is 11.2 Å². The first kappa shape index (κ1) is 19.1. The first-order valence-corrected chi connectivity index (χ1v) is 8.44. The smallest absolute Gasteiger partial charge is 0.218 e. The molecule has 0 aliphatic carbocycles. The van der Waals surface area contributed by atoms with Crippen molar-refractivity contribution in [3.8, 4) is 6.07 Å². The molecular formula is C15H20Br2N2O. The van der Waals surface area contributed by atoms with Crippen molar-refractivity contribution >= 4 is 37.8 Å². The van der Waals surface area contributed by atoms with Crippen LogP contribution in [0.5, 0.6) is 0 Å². The van der Waals surface area contributed by atoms with Crippen molar-refractivity contribution in [2.75, 3.05) is 5.33 Å². The summed E-state index contributed by atoms with van der Waals surface area (Å²) in [6.07, 6.45) is 4.02. The van der Waals surface area contributed by atoms with E-state index in [0.29, 0.717) is 0 Å². The molecule has 3 nitrogen and oxygen atoms in total. The fourth-order valence-corrected chi connectivity index (χ4v) is 2.24. The van der Waals surface area contributed by atoms with Gasteiger partial charge in [0, 0.05) is 16.7 Å². The number of halogens is 2. The molecule has 0 bridgehead atoms. The largest absolute Gasteiger partial charge is 0.337 e. The molecule has 0 spiro atoms. The molecule has 0 saturated heterocycles. The first-order valence-electron chi connectivity index (χ1n) is 6.53. The molecule has 1 amide bonds. The van der Waals surface area contributed by atoms with E-state index >= 15 is 0 Å². The van der Waals surface area contributed by atoms with E-state index in [-0.39, 0.29) is 5.91 Å². The van der Waals surface area contributed by atoms with Gasteiger partial charge in [-0.05, 0) is 24.1 Å². The lowest BCUT2D eigenvalue weighted by Crippen LogP contribution is -2.24. The number of nitrogens with one attached hydrogen (secondary N) is 1. The fourth-order valence-electron chi connectivity index (χ4n) is 1.42. The van der Waals surface area contributed by atoms with E-state index in [9.17, 15) is 4.79 Å². The minimum Gasteiger partial charge on any atom is -0.337 e. The highest BCUT2D eigenvalue weighted by atomic mass is 79.9. The molecule has 1 rings (SSSR count). The second-order valence-corrected chi connectivity index (χ2v) is 5.92. The Morgan fingerprint density at radius 3 is 2.55 bits per heavy atom. The summed E-state index contributed by atoms with van der Waals surface area (Å²) in [5.41, 5.74) is 0.775. The van der Waals surface area contributed by atoms with Crippen LogP contribution in [0.1, 0.15) is 44.7 Å². The normalized spacial score (nSPS) is 10.8. The lowest BCUT2D eigenvalue weighted by molar-refractivity contribution is -0.119. The highest BCUT2D eigenvalue weighted by molar-refractivity contribution is 9.10. The number of benzene rings is 1. The summed E-state index contributed by atoms with van der Waals surface area (Å²) >= 11 is 6.65. The number of carbonyl (C=O) groups is 1. The van der Waals surface area contributed by atoms with Crippen molar-refractivity contribution in [1.82, 2.24) is 5.32 Å². The minimum absolute atomic E-state index is 0.212. The van der Waals surface area contributed by atoms with Crippen LogP contribution in [-0.2, 0) is 4.79 Å². The summed E-state index contributed by atoms with van der Waals surface area (Å²) in [5.74, 6) is -0.212. The lowest BCUT2D eigenvalue weighted by Gasteiger charge is -2.09. The molecule has 0 fully saturated rings. The van der Waals surface area contributed by atoms with Crippen LogP contribution in [0.2, 0.25) is 0 Å². The minimum atomic E-state index is -0.579. The molecule has 0 aliphatic heterocycles. The van der Waals surface area contributed by atoms with Crippen LogP contribution in [0.4, 0.5) is 0 Å². The van der Waals surface area contributed by atoms with Crippen molar-refractivity contribution in [1.29, 1.82) is 5.26 Å². The summed E-state index contributed by atoms with van der Waals surface area (Å²) in [7, 11) is 0. The molecule has 1 atom stereocenters. The summed E-state index contributed by atoms with van der Waals surface area (Å²) in [6.45, 7) is 3.60. The maximum absolute atomic E-state index is 10.8. The monoisotopic (exact) mass is 402 g/mol. The van der Waals surface area contributed by atoms with Gasteiger partial charge < -0.3 is 5.32 Å². The summed E-state index contributed by atoms with van der Waals surface area (Å²) < 4.78 is 0.889. The Balaban J connectivity index is 0.000000511. The quantitative estimate of drug-likeness (QED) is 0.571. The van der Waals surface area contributed by atoms with Crippen LogP contribution in [0, 0.1) is 11.3 Å². The van der Waals surface area contributed by atoms with Crippen molar-refractivity contribution < 1.29 is 4.79 Å². The van der Waals surface area contributed by atoms with E-state index in [2.05, 4.69) is 44.1 Å². The standard InChI is InChI=1S/C10H9BrN2O.C5H11Br/c1-7(14)13-10(6-12)8-3-2-4-9(11)5-8;1-2-3-4-5-6/h2-5,10H,1H3,(H,13,14);2-5H2,1H3. The van der Waals surface area contributed by atoms with Crippen molar-refractivity contribution in [2.24, 2.45) is 0 Å². The molecule has 0 heterocycles. The van der Waals surface area contributed by atoms with Gasteiger partial charge in [-0.25, -0.2) is 0 Å². The van der Waals surface area contributed by atoms with E-state index in [1.807, 2.05) is 24.3 Å². The molecule has 1 aromatic rings. The molecule has 0 saturated carbocycles. The third kappa shape index (κ3) is 9.11. The molecule has 20 heavy (non-hydrogen) atoms. The third-order valence-corrected chi connectivity index (χ3v) is 3.45. The van der Waals surface area contributed by atoms with Crippen LogP contribution >= 0.6 is 31.9 Å². The third-order valence-electron chi connectivity index (χ3n) is 2.40. The van der Waals surface area contributed by atoms with E-state index in [1.165, 1.54) is 31.5 Å². The predicted octanol–water partition coefficient (Wildman–Crippen LogP) is 4.72. The number of carbonyl (C=O) groups excluding carboxylic acids is 1. The highest BCUT2D eigenvalue weighted by Gasteiger charge is 2.10. The zero-order chi connectivity index (χ0) is 15.4. The van der Waals surface area contributed by atoms with Gasteiger partial charge in [-0.1, -0.05) is 63.8 Å². The van der Waals surface area contributed by atoms with Gasteiger partial charge >= 0.3 is 0 Å². The Morgan fingerprint density at radius 2 is 2.15 bits per heavy atom. The maximum Gasteiger partial charge on any atom is 0.218 e. The summed E-state index contributed by atoms with van der Waals surface area (Å²) in [4.78, 5) is 10.8. The van der Waals surface area contributed by atoms with E-state index in [4.69, 9.17) is 5.26 Å². The van der Waals surface area contributed by atoms with Gasteiger partial charge in [-0.3, -0.25) is 4.79 Å². The summed E-state index contributed by atoms with van der Waals surface area (Å²) in [6, 6.07) is 8.75. The van der Waals surface area contributed by atoms with E-state index < -0.39 is 6.04 Å². The Labute approximate surface area is 138 Å². The molecule has 0 radical (unpaired) electrons. The van der Waals surface area contributed by atoms with Crippen LogP contribution in [0.15, 0.2) is 28.7 Å². The van der Waals surface area contributed by atoms with Gasteiger partial charge in [-0.2, -0.15) is 5.26 Å². The van der Waals surface area contributed by atoms with E-state index in [0.717, 1.165) is 10.0 Å². The van der Waals surface area contributed by atoms with Gasteiger partial charge in [0.2, 0.25) is 5.91 Å². The Kier molecular flexibility index (Phi) is 11.4. The van der Waals surface area contributed by atoms with Gasteiger partial charge in [0.15, 0.2) is 0 Å². The molecule has 0 aliphatic rings. The fraction of sp³-hybridized carbons (Fsp3) is 0.467. The average molecular weight is 404 g/mol. The maximum atomic E-state index is 10.8. The Bertz CT molecular complexity index is 440. The molecular weight excluding hydrogens is 384 g/mol. The Hall–Kier alpha value is -0.860. The number of alkyl halides is 1. The predicted molar refractivity (Wildman–Crippen MR) is 89.6 cm³/mol. The SMILES string of the molecule is CC(=O)NC(C#N)c1cccc(Br)c1.CCCCCBr. The Morgan fingerprint density at radius 1 is 1.45 bits per heavy atom. The molecule has 0 aromatic heterocycles. The number of hydrogen-bond donors (Lipinski definition) is 1. The second kappa shape index (κ2) is 11.9. The number of amides is 1. The molecule has 5 heteroatoms. The summed E-state index contributed by atoms with van der Waals surface area (Å²) in [5, 5.41) is 12.6. The van der Waals surface area contributed by atoms with Crippen molar-refractivity contribution in [3.05, 3.63) is 34.3 Å². The molecule has 1 N–H and O–H groups in total. The number of nitriles is 1. The number of hydrogen-bond acceptors (Lipinski definition) is 2. The molecule has 110 valence electrons. The van der Waals surface area contributed by atoms with Gasteiger partial charge in [0.05, 0.1) is 6.07 Å². The zero-order valence-electron chi connectivity index (χ0n) is 11.8. The topological polar surface area (TPSA) is 52.9 Å².